The van der Waals surface area contributed by atoms with Gasteiger partial charge in [0.1, 0.15) is 17.3 Å². The highest BCUT2D eigenvalue weighted by molar-refractivity contribution is 7.86. The lowest BCUT2D eigenvalue weighted by molar-refractivity contribution is 0.0522. The SMILES string of the molecule is COc1ccc(CO[C@H](C)c2cc(F)ccc2-n2nc(Cl)cc2C(OS(C)(=O)=O)c2cn[nH]n2)cc1. The van der Waals surface area contributed by atoms with E-state index in [2.05, 4.69) is 20.5 Å². The maximum absolute atomic E-state index is 14.3. The molecule has 4 rings (SSSR count). The van der Waals surface area contributed by atoms with Crippen molar-refractivity contribution in [2.45, 2.75) is 25.7 Å². The highest BCUT2D eigenvalue weighted by Gasteiger charge is 2.29. The second-order valence-electron chi connectivity index (χ2n) is 7.88. The summed E-state index contributed by atoms with van der Waals surface area (Å²) in [5.41, 5.74) is 2.21. The highest BCUT2D eigenvalue weighted by Crippen LogP contribution is 2.33. The van der Waals surface area contributed by atoms with Crippen molar-refractivity contribution < 1.29 is 26.5 Å². The van der Waals surface area contributed by atoms with Crippen molar-refractivity contribution in [2.24, 2.45) is 0 Å². The van der Waals surface area contributed by atoms with Crippen LogP contribution in [0.25, 0.3) is 5.69 Å². The predicted octanol–water partition coefficient (Wildman–Crippen LogP) is 4.13. The number of hydrogen-bond acceptors (Lipinski definition) is 8. The molecular weight excluding hydrogens is 513 g/mol. The maximum Gasteiger partial charge on any atom is 0.265 e. The quantitative estimate of drug-likeness (QED) is 0.301. The maximum atomic E-state index is 14.3. The summed E-state index contributed by atoms with van der Waals surface area (Å²) in [5, 5.41) is 14.5. The van der Waals surface area contributed by atoms with Crippen molar-refractivity contribution in [2.75, 3.05) is 13.4 Å². The first kappa shape index (κ1) is 25.8. The molecule has 2 atom stereocenters. The van der Waals surface area contributed by atoms with E-state index in [0.717, 1.165) is 17.6 Å². The number of ether oxygens (including phenoxy) is 2. The molecule has 1 unspecified atom stereocenters. The number of methoxy groups -OCH3 is 1. The third-order valence-corrected chi connectivity index (χ3v) is 5.99. The van der Waals surface area contributed by atoms with Crippen molar-refractivity contribution in [3.8, 4) is 11.4 Å². The third kappa shape index (κ3) is 6.08. The molecule has 0 aliphatic rings. The van der Waals surface area contributed by atoms with E-state index >= 15 is 0 Å². The van der Waals surface area contributed by atoms with Crippen LogP contribution in [0.15, 0.2) is 54.7 Å². The van der Waals surface area contributed by atoms with E-state index in [1.807, 2.05) is 24.3 Å². The Morgan fingerprint density at radius 1 is 1.17 bits per heavy atom. The number of aromatic nitrogens is 5. The summed E-state index contributed by atoms with van der Waals surface area (Å²) in [6, 6.07) is 12.9. The molecule has 0 aliphatic heterocycles. The number of rotatable bonds is 10. The first-order valence-electron chi connectivity index (χ1n) is 10.7. The van der Waals surface area contributed by atoms with Gasteiger partial charge in [0, 0.05) is 11.6 Å². The third-order valence-electron chi connectivity index (χ3n) is 5.26. The minimum Gasteiger partial charge on any atom is -0.497 e. The zero-order valence-corrected chi connectivity index (χ0v) is 21.1. The number of nitrogens with zero attached hydrogens (tertiary/aromatic N) is 4. The fourth-order valence-corrected chi connectivity index (χ4v) is 4.32. The number of H-pyrrole nitrogens is 1. The van der Waals surface area contributed by atoms with Crippen molar-refractivity contribution in [1.82, 2.24) is 25.2 Å². The molecule has 2 aromatic carbocycles. The van der Waals surface area contributed by atoms with Crippen LogP contribution in [-0.4, -0.2) is 47.0 Å². The topological polar surface area (TPSA) is 121 Å². The highest BCUT2D eigenvalue weighted by atomic mass is 35.5. The molecule has 0 amide bonds. The normalized spacial score (nSPS) is 13.5. The van der Waals surface area contributed by atoms with Gasteiger partial charge in [0.25, 0.3) is 10.1 Å². The smallest absolute Gasteiger partial charge is 0.265 e. The summed E-state index contributed by atoms with van der Waals surface area (Å²) in [6.07, 6.45) is 0.454. The van der Waals surface area contributed by atoms with E-state index in [1.54, 1.807) is 14.0 Å². The molecule has 0 aliphatic carbocycles. The second-order valence-corrected chi connectivity index (χ2v) is 9.87. The van der Waals surface area contributed by atoms with Crippen LogP contribution < -0.4 is 4.74 Å². The fourth-order valence-electron chi connectivity index (χ4n) is 3.58. The molecule has 0 fully saturated rings. The number of benzene rings is 2. The molecule has 0 saturated carbocycles. The van der Waals surface area contributed by atoms with Crippen LogP contribution in [0.4, 0.5) is 4.39 Å². The molecule has 2 aromatic heterocycles. The van der Waals surface area contributed by atoms with E-state index in [-0.39, 0.29) is 23.1 Å². The van der Waals surface area contributed by atoms with Gasteiger partial charge in [0.15, 0.2) is 11.3 Å². The summed E-state index contributed by atoms with van der Waals surface area (Å²) in [5.74, 6) is 0.245. The molecule has 1 N–H and O–H groups in total. The number of halogens is 2. The number of hydrogen-bond donors (Lipinski definition) is 1. The van der Waals surface area contributed by atoms with Gasteiger partial charge in [0.2, 0.25) is 0 Å². The van der Waals surface area contributed by atoms with Crippen molar-refractivity contribution in [3.63, 3.8) is 0 Å². The first-order valence-corrected chi connectivity index (χ1v) is 12.9. The van der Waals surface area contributed by atoms with Crippen LogP contribution in [0.3, 0.4) is 0 Å². The Hall–Kier alpha value is -3.32. The molecule has 4 aromatic rings. The summed E-state index contributed by atoms with van der Waals surface area (Å²) in [6.45, 7) is 2.03. The van der Waals surface area contributed by atoms with Gasteiger partial charge in [-0.2, -0.15) is 28.9 Å². The van der Waals surface area contributed by atoms with Gasteiger partial charge in [0.05, 0.1) is 43.7 Å². The Balaban J connectivity index is 1.71. The molecule has 2 heterocycles. The minimum atomic E-state index is -3.92. The Morgan fingerprint density at radius 2 is 1.92 bits per heavy atom. The van der Waals surface area contributed by atoms with Gasteiger partial charge < -0.3 is 9.47 Å². The molecule has 190 valence electrons. The van der Waals surface area contributed by atoms with E-state index in [9.17, 15) is 12.8 Å². The van der Waals surface area contributed by atoms with Crippen LogP contribution in [0, 0.1) is 5.82 Å². The van der Waals surface area contributed by atoms with Crippen LogP contribution in [-0.2, 0) is 25.6 Å². The second kappa shape index (κ2) is 10.7. The molecular formula is C23H23ClFN5O5S. The Kier molecular flexibility index (Phi) is 7.69. The van der Waals surface area contributed by atoms with E-state index in [0.29, 0.717) is 11.3 Å². The van der Waals surface area contributed by atoms with Gasteiger partial charge in [-0.3, -0.25) is 4.18 Å². The van der Waals surface area contributed by atoms with Crippen LogP contribution in [0.1, 0.15) is 41.6 Å². The Morgan fingerprint density at radius 3 is 2.56 bits per heavy atom. The first-order chi connectivity index (χ1) is 17.1. The van der Waals surface area contributed by atoms with E-state index in [4.69, 9.17) is 25.3 Å². The average Bonchev–Trinajstić information content (AvgIpc) is 3.51. The van der Waals surface area contributed by atoms with Gasteiger partial charge in [-0.05, 0) is 42.8 Å². The summed E-state index contributed by atoms with van der Waals surface area (Å²) >= 11 is 6.22. The van der Waals surface area contributed by atoms with Gasteiger partial charge >= 0.3 is 0 Å². The fraction of sp³-hybridized carbons (Fsp3) is 0.261. The Labute approximate surface area is 212 Å². The van der Waals surface area contributed by atoms with Gasteiger partial charge in [-0.15, -0.1) is 0 Å². The standard InChI is InChI=1S/C23H23ClFN5O5S/c1-14(34-13-15-4-7-17(33-2)8-5-15)18-10-16(25)6-9-20(18)30-21(11-22(24)28-30)23(35-36(3,31)32)19-12-26-29-27-19/h4-12,14,23H,13H2,1-3H3,(H,26,27,29)/t14-,23?/m1/s1. The number of aromatic amines is 1. The summed E-state index contributed by atoms with van der Waals surface area (Å²) in [4.78, 5) is 0. The molecule has 0 saturated heterocycles. The lowest BCUT2D eigenvalue weighted by Crippen LogP contribution is -2.17. The molecule has 13 heteroatoms. The van der Waals surface area contributed by atoms with Crippen LogP contribution in [0.5, 0.6) is 5.75 Å². The summed E-state index contributed by atoms with van der Waals surface area (Å²) < 4.78 is 56.3. The number of nitrogens with one attached hydrogen (secondary N) is 1. The van der Waals surface area contributed by atoms with Crippen LogP contribution in [0.2, 0.25) is 5.15 Å². The monoisotopic (exact) mass is 535 g/mol. The van der Waals surface area contributed by atoms with Crippen molar-refractivity contribution in [1.29, 1.82) is 0 Å². The zero-order valence-electron chi connectivity index (χ0n) is 19.6. The van der Waals surface area contributed by atoms with Crippen molar-refractivity contribution >= 4 is 21.7 Å². The molecule has 36 heavy (non-hydrogen) atoms. The van der Waals surface area contributed by atoms with Crippen molar-refractivity contribution in [3.05, 3.63) is 88.2 Å². The zero-order chi connectivity index (χ0) is 25.9. The predicted molar refractivity (Wildman–Crippen MR) is 129 cm³/mol. The molecule has 0 spiro atoms. The van der Waals surface area contributed by atoms with Crippen LogP contribution >= 0.6 is 11.6 Å². The lowest BCUT2D eigenvalue weighted by Gasteiger charge is -2.21. The largest absolute Gasteiger partial charge is 0.497 e. The Bertz CT molecular complexity index is 1430. The summed E-state index contributed by atoms with van der Waals surface area (Å²) in [7, 11) is -2.34. The van der Waals surface area contributed by atoms with E-state index in [1.165, 1.54) is 35.1 Å². The molecule has 0 radical (unpaired) electrons. The van der Waals surface area contributed by atoms with Gasteiger partial charge in [-0.1, -0.05) is 23.7 Å². The molecule has 10 nitrogen and oxygen atoms in total. The average molecular weight is 536 g/mol. The minimum absolute atomic E-state index is 0.0673. The van der Waals surface area contributed by atoms with E-state index < -0.39 is 28.1 Å². The molecule has 0 bridgehead atoms. The van der Waals surface area contributed by atoms with Gasteiger partial charge in [-0.25, -0.2) is 9.07 Å². The lowest BCUT2D eigenvalue weighted by atomic mass is 10.1.